The highest BCUT2D eigenvalue weighted by Gasteiger charge is 2.23. The molecule has 0 radical (unpaired) electrons. The van der Waals surface area contributed by atoms with Crippen LogP contribution in [-0.4, -0.2) is 20.8 Å². The Morgan fingerprint density at radius 1 is 1.00 bits per heavy atom. The molecule has 1 N–H and O–H groups in total. The molecule has 0 saturated heterocycles. The van der Waals surface area contributed by atoms with E-state index in [1.807, 2.05) is 6.07 Å². The standard InChI is InChI=1S/C17H19NO2/c1-19-15-10-13-8-9-18-17(12-6-4-3-5-7-12)14(13)11-16(15)20-2/h3-7,10-11,17-18H,8-9H2,1-2H3/t17-/m0/s1. The summed E-state index contributed by atoms with van der Waals surface area (Å²) in [6.45, 7) is 0.974. The molecule has 2 aromatic carbocycles. The molecule has 0 saturated carbocycles. The molecule has 0 spiro atoms. The molecule has 20 heavy (non-hydrogen) atoms. The van der Waals surface area contributed by atoms with Crippen LogP contribution in [0.4, 0.5) is 0 Å². The van der Waals surface area contributed by atoms with Crippen molar-refractivity contribution < 1.29 is 9.47 Å². The Morgan fingerprint density at radius 3 is 2.40 bits per heavy atom. The van der Waals surface area contributed by atoms with E-state index in [1.54, 1.807) is 14.2 Å². The summed E-state index contributed by atoms with van der Waals surface area (Å²) in [7, 11) is 3.36. The Labute approximate surface area is 119 Å². The molecule has 2 aromatic rings. The highest BCUT2D eigenvalue weighted by atomic mass is 16.5. The quantitative estimate of drug-likeness (QED) is 0.929. The fourth-order valence-electron chi connectivity index (χ4n) is 2.83. The summed E-state index contributed by atoms with van der Waals surface area (Å²) in [5.74, 6) is 1.59. The SMILES string of the molecule is COc1cc2c(cc1OC)[C@H](c1ccccc1)NCC2. The van der Waals surface area contributed by atoms with Crippen molar-refractivity contribution in [1.29, 1.82) is 0 Å². The maximum absolute atomic E-state index is 5.43. The van der Waals surface area contributed by atoms with E-state index in [1.165, 1.54) is 16.7 Å². The first-order valence-electron chi connectivity index (χ1n) is 6.86. The van der Waals surface area contributed by atoms with Crippen molar-refractivity contribution in [3.05, 3.63) is 59.2 Å². The Kier molecular flexibility index (Phi) is 3.61. The largest absolute Gasteiger partial charge is 0.493 e. The van der Waals surface area contributed by atoms with Crippen LogP contribution in [0.15, 0.2) is 42.5 Å². The lowest BCUT2D eigenvalue weighted by Crippen LogP contribution is -2.30. The molecule has 0 aromatic heterocycles. The van der Waals surface area contributed by atoms with Crippen molar-refractivity contribution in [2.45, 2.75) is 12.5 Å². The van der Waals surface area contributed by atoms with E-state index in [0.717, 1.165) is 24.5 Å². The molecule has 0 bridgehead atoms. The van der Waals surface area contributed by atoms with Crippen LogP contribution in [-0.2, 0) is 6.42 Å². The second-order valence-electron chi connectivity index (χ2n) is 4.95. The minimum absolute atomic E-state index is 0.222. The first-order valence-corrected chi connectivity index (χ1v) is 6.86. The summed E-state index contributed by atoms with van der Waals surface area (Å²) >= 11 is 0. The van der Waals surface area contributed by atoms with Gasteiger partial charge >= 0.3 is 0 Å². The smallest absolute Gasteiger partial charge is 0.161 e. The molecule has 3 rings (SSSR count). The Morgan fingerprint density at radius 2 is 1.70 bits per heavy atom. The maximum atomic E-state index is 5.43. The molecular weight excluding hydrogens is 250 g/mol. The fraction of sp³-hybridized carbons (Fsp3) is 0.294. The lowest BCUT2D eigenvalue weighted by molar-refractivity contribution is 0.353. The lowest BCUT2D eigenvalue weighted by Gasteiger charge is -2.28. The average molecular weight is 269 g/mol. The van der Waals surface area contributed by atoms with Crippen molar-refractivity contribution in [2.75, 3.05) is 20.8 Å². The summed E-state index contributed by atoms with van der Waals surface area (Å²) in [6, 6.07) is 14.9. The molecule has 1 aliphatic heterocycles. The van der Waals surface area contributed by atoms with Crippen molar-refractivity contribution in [3.8, 4) is 11.5 Å². The molecule has 1 aliphatic rings. The molecule has 0 fully saturated rings. The third kappa shape index (κ3) is 2.25. The molecule has 3 nitrogen and oxygen atoms in total. The van der Waals surface area contributed by atoms with Crippen LogP contribution < -0.4 is 14.8 Å². The van der Waals surface area contributed by atoms with Gasteiger partial charge in [0.2, 0.25) is 0 Å². The number of hydrogen-bond donors (Lipinski definition) is 1. The summed E-state index contributed by atoms with van der Waals surface area (Å²) < 4.78 is 10.8. The van der Waals surface area contributed by atoms with Gasteiger partial charge in [0.15, 0.2) is 11.5 Å². The monoisotopic (exact) mass is 269 g/mol. The first kappa shape index (κ1) is 13.0. The van der Waals surface area contributed by atoms with Crippen LogP contribution in [0.3, 0.4) is 0 Å². The zero-order chi connectivity index (χ0) is 13.9. The number of ether oxygens (including phenoxy) is 2. The van der Waals surface area contributed by atoms with Crippen molar-refractivity contribution in [1.82, 2.24) is 5.32 Å². The fourth-order valence-corrected chi connectivity index (χ4v) is 2.83. The second kappa shape index (κ2) is 5.55. The van der Waals surface area contributed by atoms with Gasteiger partial charge < -0.3 is 14.8 Å². The summed E-state index contributed by atoms with van der Waals surface area (Å²) in [6.07, 6.45) is 1.01. The normalized spacial score (nSPS) is 17.4. The van der Waals surface area contributed by atoms with E-state index in [0.29, 0.717) is 0 Å². The molecule has 1 heterocycles. The first-order chi connectivity index (χ1) is 9.83. The third-order valence-electron chi connectivity index (χ3n) is 3.83. The zero-order valence-electron chi connectivity index (χ0n) is 11.8. The topological polar surface area (TPSA) is 30.5 Å². The predicted octanol–water partition coefficient (Wildman–Crippen LogP) is 2.94. The van der Waals surface area contributed by atoms with E-state index in [-0.39, 0.29) is 6.04 Å². The van der Waals surface area contributed by atoms with Crippen LogP contribution in [0.25, 0.3) is 0 Å². The number of methoxy groups -OCH3 is 2. The molecular formula is C17H19NO2. The maximum Gasteiger partial charge on any atom is 0.161 e. The number of nitrogens with one attached hydrogen (secondary N) is 1. The van der Waals surface area contributed by atoms with Crippen LogP contribution in [0, 0.1) is 0 Å². The summed E-state index contributed by atoms with van der Waals surface area (Å²) in [4.78, 5) is 0. The second-order valence-corrected chi connectivity index (χ2v) is 4.95. The third-order valence-corrected chi connectivity index (χ3v) is 3.83. The number of hydrogen-bond acceptors (Lipinski definition) is 3. The lowest BCUT2D eigenvalue weighted by atomic mass is 9.89. The van der Waals surface area contributed by atoms with Gasteiger partial charge in [0, 0.05) is 6.54 Å². The molecule has 104 valence electrons. The minimum Gasteiger partial charge on any atom is -0.493 e. The van der Waals surface area contributed by atoms with Crippen molar-refractivity contribution in [2.24, 2.45) is 0 Å². The summed E-state index contributed by atoms with van der Waals surface area (Å²) in [5, 5.41) is 3.58. The Bertz CT molecular complexity index is 595. The van der Waals surface area contributed by atoms with Gasteiger partial charge in [0.1, 0.15) is 0 Å². The molecule has 0 unspecified atom stereocenters. The van der Waals surface area contributed by atoms with Gasteiger partial charge in [-0.25, -0.2) is 0 Å². The van der Waals surface area contributed by atoms with E-state index >= 15 is 0 Å². The molecule has 1 atom stereocenters. The van der Waals surface area contributed by atoms with Crippen LogP contribution in [0.5, 0.6) is 11.5 Å². The van der Waals surface area contributed by atoms with Gasteiger partial charge in [-0.2, -0.15) is 0 Å². The average Bonchev–Trinajstić information content (AvgIpc) is 2.53. The van der Waals surface area contributed by atoms with Crippen molar-refractivity contribution in [3.63, 3.8) is 0 Å². The molecule has 0 amide bonds. The van der Waals surface area contributed by atoms with Crippen molar-refractivity contribution >= 4 is 0 Å². The van der Waals surface area contributed by atoms with Gasteiger partial charge in [0.05, 0.1) is 20.3 Å². The minimum atomic E-state index is 0.222. The van der Waals surface area contributed by atoms with Crippen LogP contribution >= 0.6 is 0 Å². The predicted molar refractivity (Wildman–Crippen MR) is 79.5 cm³/mol. The number of benzene rings is 2. The highest BCUT2D eigenvalue weighted by molar-refractivity contribution is 5.51. The van der Waals surface area contributed by atoms with Gasteiger partial charge in [-0.1, -0.05) is 30.3 Å². The summed E-state index contributed by atoms with van der Waals surface area (Å²) in [5.41, 5.74) is 3.89. The Hall–Kier alpha value is -2.00. The van der Waals surface area contributed by atoms with Gasteiger partial charge in [-0.15, -0.1) is 0 Å². The Balaban J connectivity index is 2.08. The highest BCUT2D eigenvalue weighted by Crippen LogP contribution is 2.37. The molecule has 3 heteroatoms. The van der Waals surface area contributed by atoms with E-state index in [9.17, 15) is 0 Å². The van der Waals surface area contributed by atoms with Crippen LogP contribution in [0.2, 0.25) is 0 Å². The van der Waals surface area contributed by atoms with E-state index in [4.69, 9.17) is 9.47 Å². The number of rotatable bonds is 3. The van der Waals surface area contributed by atoms with Gasteiger partial charge in [-0.05, 0) is 35.2 Å². The molecule has 0 aliphatic carbocycles. The van der Waals surface area contributed by atoms with Gasteiger partial charge in [-0.3, -0.25) is 0 Å². The van der Waals surface area contributed by atoms with Gasteiger partial charge in [0.25, 0.3) is 0 Å². The van der Waals surface area contributed by atoms with E-state index in [2.05, 4.69) is 41.7 Å². The van der Waals surface area contributed by atoms with Crippen LogP contribution in [0.1, 0.15) is 22.7 Å². The van der Waals surface area contributed by atoms with E-state index < -0.39 is 0 Å². The number of fused-ring (bicyclic) bond motifs is 1. The zero-order valence-corrected chi connectivity index (χ0v) is 11.8.